The summed E-state index contributed by atoms with van der Waals surface area (Å²) in [6.07, 6.45) is 2.47. The van der Waals surface area contributed by atoms with Crippen molar-refractivity contribution in [1.82, 2.24) is 9.97 Å². The molecule has 5 nitrogen and oxygen atoms in total. The van der Waals surface area contributed by atoms with Crippen LogP contribution in [-0.4, -0.2) is 21.7 Å². The largest absolute Gasteiger partial charge is 0.396 e. The third kappa shape index (κ3) is 3.73. The van der Waals surface area contributed by atoms with Gasteiger partial charge in [0.05, 0.1) is 10.4 Å². The Labute approximate surface area is 127 Å². The fraction of sp³-hybridized carbons (Fsp3) is 0.417. The fourth-order valence-corrected chi connectivity index (χ4v) is 2.75. The molecule has 0 aliphatic carbocycles. The van der Waals surface area contributed by atoms with Gasteiger partial charge in [-0.25, -0.2) is 9.97 Å². The van der Waals surface area contributed by atoms with Crippen LogP contribution in [-0.2, 0) is 30.0 Å². The minimum absolute atomic E-state index is 0. The molecule has 2 rings (SSSR count). The van der Waals surface area contributed by atoms with E-state index in [9.17, 15) is 0 Å². The van der Waals surface area contributed by atoms with E-state index in [2.05, 4.69) is 14.5 Å². The fourth-order valence-electron chi connectivity index (χ4n) is 1.77. The molecule has 2 aromatic heterocycles. The van der Waals surface area contributed by atoms with Crippen molar-refractivity contribution in [1.29, 1.82) is 0 Å². The molecule has 0 aliphatic heterocycles. The summed E-state index contributed by atoms with van der Waals surface area (Å²) in [4.78, 5) is 9.53. The molecule has 0 bridgehead atoms. The second-order valence-electron chi connectivity index (χ2n) is 4.16. The van der Waals surface area contributed by atoms with Crippen LogP contribution in [0, 0.1) is 13.8 Å². The first kappa shape index (κ1) is 16.0. The molecule has 0 saturated heterocycles. The molecule has 2 aromatic rings. The maximum Gasteiger partial charge on any atom is 0.225 e. The Bertz CT molecular complexity index is 559. The van der Waals surface area contributed by atoms with E-state index < -0.39 is 0 Å². The SMILES string of the molecule is Cc1ncc(C[n+]2csc(CCO)c2C)c(N)n1.[Cu]. The van der Waals surface area contributed by atoms with Crippen LogP contribution < -0.4 is 10.3 Å². The molecule has 0 fully saturated rings. The molecule has 1 radical (unpaired) electrons. The van der Waals surface area contributed by atoms with Gasteiger partial charge in [-0.1, -0.05) is 11.3 Å². The minimum atomic E-state index is 0. The van der Waals surface area contributed by atoms with E-state index in [-0.39, 0.29) is 23.7 Å². The molecule has 0 aliphatic rings. The van der Waals surface area contributed by atoms with Gasteiger partial charge in [0.2, 0.25) is 5.51 Å². The van der Waals surface area contributed by atoms with Crippen LogP contribution in [0.1, 0.15) is 22.0 Å². The van der Waals surface area contributed by atoms with Crippen molar-refractivity contribution in [2.24, 2.45) is 0 Å². The molecule has 7 heteroatoms. The molecular formula is C12H17CuN4OS+. The molecule has 0 unspecified atom stereocenters. The van der Waals surface area contributed by atoms with Crippen molar-refractivity contribution in [2.75, 3.05) is 12.3 Å². The second-order valence-corrected chi connectivity index (χ2v) is 5.10. The summed E-state index contributed by atoms with van der Waals surface area (Å²) >= 11 is 1.65. The van der Waals surface area contributed by atoms with Crippen LogP contribution in [0.2, 0.25) is 0 Å². The Hall–Kier alpha value is -1.01. The van der Waals surface area contributed by atoms with Gasteiger partial charge >= 0.3 is 0 Å². The third-order valence-electron chi connectivity index (χ3n) is 2.85. The van der Waals surface area contributed by atoms with Crippen LogP contribution >= 0.6 is 11.3 Å². The van der Waals surface area contributed by atoms with Gasteiger partial charge in [0.1, 0.15) is 11.6 Å². The molecule has 107 valence electrons. The molecule has 3 N–H and O–H groups in total. The zero-order valence-corrected chi connectivity index (χ0v) is 12.6. The van der Waals surface area contributed by atoms with Gasteiger partial charge < -0.3 is 10.8 Å². The average Bonchev–Trinajstić information content (AvgIpc) is 2.66. The summed E-state index contributed by atoms with van der Waals surface area (Å²) in [5.41, 5.74) is 10.0. The molecule has 0 saturated carbocycles. The van der Waals surface area contributed by atoms with Crippen LogP contribution in [0.3, 0.4) is 0 Å². The quantitative estimate of drug-likeness (QED) is 0.637. The molecule has 2 heterocycles. The van der Waals surface area contributed by atoms with Gasteiger partial charge in [-0.2, -0.15) is 4.57 Å². The number of nitrogens with zero attached hydrogens (tertiary/aromatic N) is 3. The third-order valence-corrected chi connectivity index (χ3v) is 4.00. The van der Waals surface area contributed by atoms with Crippen molar-refractivity contribution in [3.05, 3.63) is 33.7 Å². The van der Waals surface area contributed by atoms with Gasteiger partial charge in [-0.05, 0) is 6.92 Å². The van der Waals surface area contributed by atoms with Crippen LogP contribution in [0.25, 0.3) is 0 Å². The van der Waals surface area contributed by atoms with Crippen LogP contribution in [0.4, 0.5) is 5.82 Å². The Balaban J connectivity index is 0.00000180. The number of nitrogen functional groups attached to an aromatic ring is 1. The van der Waals surface area contributed by atoms with Crippen LogP contribution in [0.5, 0.6) is 0 Å². The summed E-state index contributed by atoms with van der Waals surface area (Å²) in [6, 6.07) is 0. The first-order valence-corrected chi connectivity index (χ1v) is 6.65. The summed E-state index contributed by atoms with van der Waals surface area (Å²) in [5.74, 6) is 1.22. The van der Waals surface area contributed by atoms with E-state index in [1.165, 1.54) is 4.88 Å². The minimum Gasteiger partial charge on any atom is -0.396 e. The van der Waals surface area contributed by atoms with Crippen molar-refractivity contribution < 1.29 is 26.7 Å². The topological polar surface area (TPSA) is 75.9 Å². The van der Waals surface area contributed by atoms with E-state index in [1.807, 2.05) is 19.4 Å². The Morgan fingerprint density at radius 1 is 1.42 bits per heavy atom. The zero-order valence-electron chi connectivity index (χ0n) is 10.9. The maximum absolute atomic E-state index is 8.98. The van der Waals surface area contributed by atoms with Crippen molar-refractivity contribution in [3.8, 4) is 0 Å². The maximum atomic E-state index is 8.98. The normalized spacial score (nSPS) is 10.3. The molecule has 0 atom stereocenters. The van der Waals surface area contributed by atoms with Gasteiger partial charge in [0.25, 0.3) is 0 Å². The summed E-state index contributed by atoms with van der Waals surface area (Å²) in [6.45, 7) is 4.71. The van der Waals surface area contributed by atoms with Gasteiger partial charge in [-0.3, -0.25) is 0 Å². The monoisotopic (exact) mass is 328 g/mol. The van der Waals surface area contributed by atoms with Gasteiger partial charge in [-0.15, -0.1) is 0 Å². The average molecular weight is 329 g/mol. The number of rotatable bonds is 4. The number of thiazole rings is 1. The van der Waals surface area contributed by atoms with E-state index in [0.717, 1.165) is 11.3 Å². The first-order chi connectivity index (χ1) is 8.61. The number of hydrogen-bond donors (Lipinski definition) is 2. The van der Waals surface area contributed by atoms with E-state index in [0.29, 0.717) is 24.6 Å². The van der Waals surface area contributed by atoms with Crippen LogP contribution in [0.15, 0.2) is 11.7 Å². The van der Waals surface area contributed by atoms with E-state index >= 15 is 0 Å². The summed E-state index contributed by atoms with van der Waals surface area (Å²) in [7, 11) is 0. The van der Waals surface area contributed by atoms with Crippen molar-refractivity contribution in [2.45, 2.75) is 26.8 Å². The smallest absolute Gasteiger partial charge is 0.225 e. The second kappa shape index (κ2) is 6.96. The number of aryl methyl sites for hydroxylation is 1. The summed E-state index contributed by atoms with van der Waals surface area (Å²) in [5, 5.41) is 8.98. The molecular weight excluding hydrogens is 312 g/mol. The Morgan fingerprint density at radius 2 is 2.16 bits per heavy atom. The van der Waals surface area contributed by atoms with E-state index in [4.69, 9.17) is 10.8 Å². The van der Waals surface area contributed by atoms with Gasteiger partial charge in [0, 0.05) is 43.2 Å². The Kier molecular flexibility index (Phi) is 5.87. The number of hydrogen-bond acceptors (Lipinski definition) is 5. The number of aromatic nitrogens is 3. The number of aliphatic hydroxyl groups excluding tert-OH is 1. The zero-order chi connectivity index (χ0) is 13.1. The number of nitrogens with two attached hydrogens (primary N) is 1. The molecule has 0 aromatic carbocycles. The standard InChI is InChI=1S/C12H17N4OS.Cu/c1-8-11(3-4-17)18-7-16(8)6-10-5-14-9(2)15-12(10)13;/h5,7,17H,3-4,6H2,1-2H3,(H2,13,14,15);/q+1;. The molecule has 0 amide bonds. The van der Waals surface area contributed by atoms with E-state index in [1.54, 1.807) is 17.5 Å². The summed E-state index contributed by atoms with van der Waals surface area (Å²) < 4.78 is 2.11. The number of anilines is 1. The first-order valence-electron chi connectivity index (χ1n) is 5.77. The predicted molar refractivity (Wildman–Crippen MR) is 70.3 cm³/mol. The molecule has 0 spiro atoms. The van der Waals surface area contributed by atoms with Crippen molar-refractivity contribution >= 4 is 17.2 Å². The Morgan fingerprint density at radius 3 is 2.79 bits per heavy atom. The number of aliphatic hydroxyl groups is 1. The van der Waals surface area contributed by atoms with Crippen molar-refractivity contribution in [3.63, 3.8) is 0 Å². The predicted octanol–water partition coefficient (Wildman–Crippen LogP) is 0.605. The van der Waals surface area contributed by atoms with Gasteiger partial charge in [0.15, 0.2) is 12.2 Å². The molecule has 19 heavy (non-hydrogen) atoms.